The van der Waals surface area contributed by atoms with E-state index in [1.54, 1.807) is 0 Å². The number of aromatic nitrogens is 2. The largest absolute Gasteiger partial charge is 0.510 e. The average Bonchev–Trinajstić information content (AvgIpc) is 2.72. The van der Waals surface area contributed by atoms with Crippen molar-refractivity contribution in [1.29, 1.82) is 0 Å². The van der Waals surface area contributed by atoms with Crippen molar-refractivity contribution in [1.82, 2.24) is 9.13 Å². The Kier molecular flexibility index (Phi) is 3.10. The lowest BCUT2D eigenvalue weighted by Gasteiger charge is -2.13. The molecule has 2 rings (SSSR count). The van der Waals surface area contributed by atoms with Crippen LogP contribution in [-0.4, -0.2) is 32.1 Å². The summed E-state index contributed by atoms with van der Waals surface area (Å²) in [4.78, 5) is 23.4. The maximum atomic E-state index is 11.9. The second kappa shape index (κ2) is 4.43. The number of hydrogen-bond acceptors (Lipinski definition) is 5. The number of aliphatic hydroxyl groups is 2. The smallest absolute Gasteiger partial charge is 0.330 e. The molecule has 98 valence electrons. The van der Waals surface area contributed by atoms with Crippen molar-refractivity contribution in [3.63, 3.8) is 0 Å². The molecule has 0 amide bonds. The highest BCUT2D eigenvalue weighted by molar-refractivity contribution is 5.21. The third kappa shape index (κ3) is 1.87. The summed E-state index contributed by atoms with van der Waals surface area (Å²) in [5.41, 5.74) is -0.679. The molecule has 18 heavy (non-hydrogen) atoms. The Morgan fingerprint density at radius 1 is 1.39 bits per heavy atom. The standard InChI is InChI=1S/C11H14N2O5/c1-12-4-6(10(16)13(2)11(12)17)8-3-7(15)9(5-14)18-8/h3-4,8-9,14-15H,5H2,1-2H3/t8-,9+/m0/s1. The molecule has 2 heterocycles. The number of rotatable bonds is 2. The fourth-order valence-corrected chi connectivity index (χ4v) is 1.88. The molecule has 1 aromatic heterocycles. The van der Waals surface area contributed by atoms with Gasteiger partial charge in [0.25, 0.3) is 5.56 Å². The molecule has 2 N–H and O–H groups in total. The van der Waals surface area contributed by atoms with E-state index in [0.717, 1.165) is 4.57 Å². The van der Waals surface area contributed by atoms with Gasteiger partial charge in [-0.1, -0.05) is 0 Å². The first kappa shape index (κ1) is 12.6. The van der Waals surface area contributed by atoms with Crippen LogP contribution in [0.15, 0.2) is 27.6 Å². The number of aliphatic hydroxyl groups excluding tert-OH is 2. The Morgan fingerprint density at radius 3 is 2.61 bits per heavy atom. The molecule has 0 spiro atoms. The zero-order chi connectivity index (χ0) is 13.4. The molecule has 0 aromatic carbocycles. The van der Waals surface area contributed by atoms with Gasteiger partial charge < -0.3 is 19.5 Å². The highest BCUT2D eigenvalue weighted by Gasteiger charge is 2.29. The van der Waals surface area contributed by atoms with Gasteiger partial charge in [-0.3, -0.25) is 9.36 Å². The molecule has 1 aliphatic rings. The van der Waals surface area contributed by atoms with Gasteiger partial charge in [0, 0.05) is 20.3 Å². The van der Waals surface area contributed by atoms with E-state index in [1.807, 2.05) is 0 Å². The summed E-state index contributed by atoms with van der Waals surface area (Å²) < 4.78 is 7.55. The molecule has 0 aliphatic carbocycles. The second-order valence-corrected chi connectivity index (χ2v) is 4.16. The molecule has 0 fully saturated rings. The number of nitrogens with zero attached hydrogens (tertiary/aromatic N) is 2. The van der Waals surface area contributed by atoms with Gasteiger partial charge >= 0.3 is 5.69 Å². The predicted octanol–water partition coefficient (Wildman–Crippen LogP) is -1.04. The maximum Gasteiger partial charge on any atom is 0.330 e. The van der Waals surface area contributed by atoms with Gasteiger partial charge in [0.05, 0.1) is 12.2 Å². The molecular formula is C11H14N2O5. The fraction of sp³-hybridized carbons (Fsp3) is 0.455. The second-order valence-electron chi connectivity index (χ2n) is 4.16. The summed E-state index contributed by atoms with van der Waals surface area (Å²) in [6, 6.07) is 0. The third-order valence-electron chi connectivity index (χ3n) is 2.91. The summed E-state index contributed by atoms with van der Waals surface area (Å²) in [5, 5.41) is 18.5. The van der Waals surface area contributed by atoms with Crippen molar-refractivity contribution in [3.05, 3.63) is 44.4 Å². The summed E-state index contributed by atoms with van der Waals surface area (Å²) in [6.45, 7) is -0.370. The predicted molar refractivity (Wildman–Crippen MR) is 62.3 cm³/mol. The topological polar surface area (TPSA) is 93.7 Å². The highest BCUT2D eigenvalue weighted by Crippen LogP contribution is 2.27. The van der Waals surface area contributed by atoms with E-state index >= 15 is 0 Å². The third-order valence-corrected chi connectivity index (χ3v) is 2.91. The van der Waals surface area contributed by atoms with E-state index in [-0.39, 0.29) is 17.9 Å². The van der Waals surface area contributed by atoms with Crippen molar-refractivity contribution in [2.45, 2.75) is 12.2 Å². The van der Waals surface area contributed by atoms with Crippen LogP contribution in [0, 0.1) is 0 Å². The SMILES string of the molecule is Cn1cc([C@@H]2C=C(O)[C@@H](CO)O2)c(=O)n(C)c1=O. The van der Waals surface area contributed by atoms with Crippen LogP contribution in [-0.2, 0) is 18.8 Å². The molecule has 0 saturated carbocycles. The minimum Gasteiger partial charge on any atom is -0.510 e. The van der Waals surface area contributed by atoms with Crippen molar-refractivity contribution in [3.8, 4) is 0 Å². The van der Waals surface area contributed by atoms with Crippen LogP contribution in [0.1, 0.15) is 11.7 Å². The molecule has 7 heteroatoms. The van der Waals surface area contributed by atoms with Gasteiger partial charge in [0.2, 0.25) is 0 Å². The molecule has 0 bridgehead atoms. The minimum absolute atomic E-state index is 0.113. The first-order valence-electron chi connectivity index (χ1n) is 5.39. The van der Waals surface area contributed by atoms with Crippen LogP contribution in [0.2, 0.25) is 0 Å². The average molecular weight is 254 g/mol. The Morgan fingerprint density at radius 2 is 2.06 bits per heavy atom. The van der Waals surface area contributed by atoms with Crippen molar-refractivity contribution >= 4 is 0 Å². The van der Waals surface area contributed by atoms with Crippen LogP contribution in [0.25, 0.3) is 0 Å². The lowest BCUT2D eigenvalue weighted by Crippen LogP contribution is -2.39. The summed E-state index contributed by atoms with van der Waals surface area (Å²) >= 11 is 0. The van der Waals surface area contributed by atoms with E-state index in [4.69, 9.17) is 9.84 Å². The zero-order valence-corrected chi connectivity index (χ0v) is 10.0. The van der Waals surface area contributed by atoms with Gasteiger partial charge in [-0.05, 0) is 6.08 Å². The van der Waals surface area contributed by atoms with E-state index in [1.165, 1.54) is 30.9 Å². The fourth-order valence-electron chi connectivity index (χ4n) is 1.88. The van der Waals surface area contributed by atoms with Crippen molar-refractivity contribution < 1.29 is 14.9 Å². The van der Waals surface area contributed by atoms with Gasteiger partial charge in [0.15, 0.2) is 0 Å². The lowest BCUT2D eigenvalue weighted by molar-refractivity contribution is 0.00504. The van der Waals surface area contributed by atoms with Crippen LogP contribution in [0.5, 0.6) is 0 Å². The molecule has 7 nitrogen and oxygen atoms in total. The quantitative estimate of drug-likeness (QED) is 0.703. The Labute approximate surface area is 102 Å². The molecule has 0 saturated heterocycles. The first-order chi connectivity index (χ1) is 8.45. The summed E-state index contributed by atoms with van der Waals surface area (Å²) in [7, 11) is 2.89. The molecule has 0 radical (unpaired) electrons. The first-order valence-corrected chi connectivity index (χ1v) is 5.39. The molecule has 1 aliphatic heterocycles. The van der Waals surface area contributed by atoms with E-state index < -0.39 is 23.5 Å². The van der Waals surface area contributed by atoms with Crippen LogP contribution in [0.4, 0.5) is 0 Å². The maximum absolute atomic E-state index is 11.9. The Hall–Kier alpha value is -1.86. The highest BCUT2D eigenvalue weighted by atomic mass is 16.5. The molecule has 1 aromatic rings. The van der Waals surface area contributed by atoms with E-state index in [2.05, 4.69) is 0 Å². The van der Waals surface area contributed by atoms with Gasteiger partial charge in [-0.2, -0.15) is 0 Å². The number of aryl methyl sites for hydroxylation is 1. The monoisotopic (exact) mass is 254 g/mol. The zero-order valence-electron chi connectivity index (χ0n) is 10.0. The van der Waals surface area contributed by atoms with Crippen LogP contribution >= 0.6 is 0 Å². The van der Waals surface area contributed by atoms with Crippen molar-refractivity contribution in [2.24, 2.45) is 14.1 Å². The van der Waals surface area contributed by atoms with Gasteiger partial charge in [-0.15, -0.1) is 0 Å². The van der Waals surface area contributed by atoms with Gasteiger partial charge in [-0.25, -0.2) is 4.79 Å². The van der Waals surface area contributed by atoms with E-state index in [9.17, 15) is 14.7 Å². The van der Waals surface area contributed by atoms with Gasteiger partial charge in [0.1, 0.15) is 18.0 Å². The van der Waals surface area contributed by atoms with E-state index in [0.29, 0.717) is 0 Å². The van der Waals surface area contributed by atoms with Crippen LogP contribution < -0.4 is 11.2 Å². The molecule has 2 atom stereocenters. The van der Waals surface area contributed by atoms with Crippen molar-refractivity contribution in [2.75, 3.05) is 6.61 Å². The van der Waals surface area contributed by atoms with Crippen LogP contribution in [0.3, 0.4) is 0 Å². The minimum atomic E-state index is -0.822. The molecule has 0 unspecified atom stereocenters. The summed E-state index contributed by atoms with van der Waals surface area (Å²) in [5.74, 6) is -0.113. The Balaban J connectivity index is 2.49. The molecular weight excluding hydrogens is 240 g/mol. The summed E-state index contributed by atoms with van der Waals surface area (Å²) in [6.07, 6.45) is 1.14. The Bertz CT molecular complexity index is 613. The number of ether oxygens (including phenoxy) is 1. The number of hydrogen-bond donors (Lipinski definition) is 2. The normalized spacial score (nSPS) is 23.2. The lowest BCUT2D eigenvalue weighted by atomic mass is 10.2.